The first-order chi connectivity index (χ1) is 14.4. The van der Waals surface area contributed by atoms with Gasteiger partial charge in [-0.25, -0.2) is 23.4 Å². The van der Waals surface area contributed by atoms with E-state index in [0.717, 1.165) is 26.7 Å². The van der Waals surface area contributed by atoms with Crippen molar-refractivity contribution in [2.24, 2.45) is 0 Å². The minimum absolute atomic E-state index is 0.123. The first-order valence-electron chi connectivity index (χ1n) is 9.02. The van der Waals surface area contributed by atoms with Crippen LogP contribution < -0.4 is 11.1 Å². The number of aryl methyl sites for hydroxylation is 1. The maximum atomic E-state index is 13.6. The molecule has 0 fully saturated rings. The Morgan fingerprint density at radius 3 is 2.77 bits per heavy atom. The summed E-state index contributed by atoms with van der Waals surface area (Å²) >= 11 is 0. The fraction of sp³-hybridized carbons (Fsp3) is 0.150. The molecule has 0 aliphatic carbocycles. The number of carbonyl (C=O) groups is 1. The van der Waals surface area contributed by atoms with Gasteiger partial charge in [-0.1, -0.05) is 24.3 Å². The summed E-state index contributed by atoms with van der Waals surface area (Å²) in [7, 11) is 0. The number of alkyl halides is 2. The van der Waals surface area contributed by atoms with Gasteiger partial charge in [0.25, 0.3) is 12.3 Å². The Morgan fingerprint density at radius 2 is 2.03 bits per heavy atom. The van der Waals surface area contributed by atoms with Gasteiger partial charge in [-0.05, 0) is 24.1 Å². The van der Waals surface area contributed by atoms with Crippen LogP contribution in [0.4, 0.5) is 14.6 Å². The third-order valence-electron chi connectivity index (χ3n) is 4.44. The van der Waals surface area contributed by atoms with Gasteiger partial charge in [-0.15, -0.1) is 0 Å². The number of para-hydroxylation sites is 1. The average Bonchev–Trinajstić information content (AvgIpc) is 3.17. The molecule has 152 valence electrons. The highest BCUT2D eigenvalue weighted by atomic mass is 19.3. The molecule has 1 aromatic carbocycles. The number of nitrogens with zero attached hydrogens (tertiary/aromatic N) is 5. The topological polar surface area (TPSA) is 112 Å². The Morgan fingerprint density at radius 1 is 1.23 bits per heavy atom. The fourth-order valence-corrected chi connectivity index (χ4v) is 3.03. The molecule has 3 aromatic heterocycles. The molecule has 0 saturated carbocycles. The summed E-state index contributed by atoms with van der Waals surface area (Å²) in [5, 5.41) is 7.54. The van der Waals surface area contributed by atoms with E-state index in [1.807, 2.05) is 30.3 Å². The summed E-state index contributed by atoms with van der Waals surface area (Å²) in [6.07, 6.45) is 1.70. The van der Waals surface area contributed by atoms with Crippen molar-refractivity contribution in [3.63, 3.8) is 0 Å². The number of anilines is 1. The van der Waals surface area contributed by atoms with E-state index in [1.165, 1.54) is 12.4 Å². The maximum Gasteiger partial charge on any atom is 0.284 e. The van der Waals surface area contributed by atoms with Gasteiger partial charge in [0.1, 0.15) is 0 Å². The normalized spacial score (nSPS) is 11.2. The Kier molecular flexibility index (Phi) is 5.05. The summed E-state index contributed by atoms with van der Waals surface area (Å²) < 4.78 is 28.3. The maximum absolute atomic E-state index is 13.6. The van der Waals surface area contributed by atoms with Crippen LogP contribution in [0.5, 0.6) is 0 Å². The standard InChI is InChI=1S/C20H17F2N7O/c1-11-8-26-29(10-11)19-15(17(21)22)27-16(18(23)28-19)20(30)25-9-13-5-2-4-12-6-3-7-24-14(12)13/h2-8,10,17H,9H2,1H3,(H2,23,28)(H,25,30). The number of rotatable bonds is 5. The van der Waals surface area contributed by atoms with E-state index < -0.39 is 18.0 Å². The molecule has 30 heavy (non-hydrogen) atoms. The number of nitrogens with two attached hydrogens (primary N) is 1. The zero-order chi connectivity index (χ0) is 21.3. The number of halogens is 2. The van der Waals surface area contributed by atoms with Crippen LogP contribution in [0.1, 0.15) is 33.7 Å². The van der Waals surface area contributed by atoms with Gasteiger partial charge >= 0.3 is 0 Å². The van der Waals surface area contributed by atoms with Gasteiger partial charge < -0.3 is 11.1 Å². The largest absolute Gasteiger partial charge is 0.382 e. The number of fused-ring (bicyclic) bond motifs is 1. The Labute approximate surface area is 169 Å². The summed E-state index contributed by atoms with van der Waals surface area (Å²) in [6.45, 7) is 1.88. The lowest BCUT2D eigenvalue weighted by Crippen LogP contribution is -2.27. The lowest BCUT2D eigenvalue weighted by Gasteiger charge is -2.12. The molecular weight excluding hydrogens is 392 g/mol. The summed E-state index contributed by atoms with van der Waals surface area (Å²) in [5.41, 5.74) is 7.07. The third kappa shape index (κ3) is 3.66. The number of hydrogen-bond donors (Lipinski definition) is 2. The molecule has 1 amide bonds. The molecule has 3 N–H and O–H groups in total. The number of carbonyl (C=O) groups excluding carboxylic acids is 1. The van der Waals surface area contributed by atoms with Crippen molar-refractivity contribution >= 4 is 22.6 Å². The second-order valence-corrected chi connectivity index (χ2v) is 6.60. The number of hydrogen-bond acceptors (Lipinski definition) is 6. The van der Waals surface area contributed by atoms with E-state index >= 15 is 0 Å². The van der Waals surface area contributed by atoms with Crippen LogP contribution in [0.2, 0.25) is 0 Å². The lowest BCUT2D eigenvalue weighted by molar-refractivity contribution is 0.0944. The number of aromatic nitrogens is 5. The number of pyridine rings is 1. The zero-order valence-corrected chi connectivity index (χ0v) is 15.9. The van der Waals surface area contributed by atoms with E-state index in [2.05, 4.69) is 25.4 Å². The van der Waals surface area contributed by atoms with Gasteiger partial charge in [0.2, 0.25) is 0 Å². The third-order valence-corrected chi connectivity index (χ3v) is 4.44. The van der Waals surface area contributed by atoms with Crippen molar-refractivity contribution in [3.05, 3.63) is 71.4 Å². The highest BCUT2D eigenvalue weighted by molar-refractivity contribution is 5.96. The van der Waals surface area contributed by atoms with Crippen LogP contribution in [-0.4, -0.2) is 30.6 Å². The van der Waals surface area contributed by atoms with Crippen LogP contribution in [0.3, 0.4) is 0 Å². The van der Waals surface area contributed by atoms with Crippen LogP contribution in [0.25, 0.3) is 16.7 Å². The van der Waals surface area contributed by atoms with E-state index in [-0.39, 0.29) is 23.9 Å². The summed E-state index contributed by atoms with van der Waals surface area (Å²) in [6, 6.07) is 9.28. The predicted molar refractivity (Wildman–Crippen MR) is 106 cm³/mol. The Hall–Kier alpha value is -3.95. The van der Waals surface area contributed by atoms with E-state index in [0.29, 0.717) is 0 Å². The summed E-state index contributed by atoms with van der Waals surface area (Å²) in [4.78, 5) is 24.7. The molecule has 0 bridgehead atoms. The average molecular weight is 409 g/mol. The zero-order valence-electron chi connectivity index (χ0n) is 15.9. The minimum Gasteiger partial charge on any atom is -0.382 e. The molecule has 0 unspecified atom stereocenters. The molecule has 3 heterocycles. The second kappa shape index (κ2) is 7.82. The van der Waals surface area contributed by atoms with Gasteiger partial charge in [0.15, 0.2) is 23.0 Å². The van der Waals surface area contributed by atoms with Gasteiger partial charge in [0, 0.05) is 24.3 Å². The highest BCUT2D eigenvalue weighted by Gasteiger charge is 2.24. The van der Waals surface area contributed by atoms with Crippen molar-refractivity contribution in [1.29, 1.82) is 0 Å². The molecule has 8 nitrogen and oxygen atoms in total. The van der Waals surface area contributed by atoms with Crippen molar-refractivity contribution in [2.45, 2.75) is 19.9 Å². The molecule has 0 aliphatic heterocycles. The Balaban J connectivity index is 1.63. The first kappa shape index (κ1) is 19.4. The monoisotopic (exact) mass is 409 g/mol. The SMILES string of the molecule is Cc1cnn(-c2nc(N)c(C(=O)NCc3cccc4cccnc34)nc2C(F)F)c1. The first-order valence-corrected chi connectivity index (χ1v) is 9.02. The number of benzene rings is 1. The molecule has 10 heteroatoms. The smallest absolute Gasteiger partial charge is 0.284 e. The van der Waals surface area contributed by atoms with Gasteiger partial charge in [-0.3, -0.25) is 9.78 Å². The molecule has 4 aromatic rings. The minimum atomic E-state index is -2.97. The van der Waals surface area contributed by atoms with E-state index in [1.54, 1.807) is 13.1 Å². The number of nitrogens with one attached hydrogen (secondary N) is 1. The van der Waals surface area contributed by atoms with Crippen molar-refractivity contribution in [3.8, 4) is 5.82 Å². The quantitative estimate of drug-likeness (QED) is 0.524. The molecular formula is C20H17F2N7O. The van der Waals surface area contributed by atoms with Gasteiger partial charge in [-0.2, -0.15) is 5.10 Å². The number of amides is 1. The van der Waals surface area contributed by atoms with E-state index in [4.69, 9.17) is 5.73 Å². The lowest BCUT2D eigenvalue weighted by atomic mass is 10.1. The van der Waals surface area contributed by atoms with Crippen LogP contribution in [0, 0.1) is 6.92 Å². The van der Waals surface area contributed by atoms with Crippen molar-refractivity contribution in [2.75, 3.05) is 5.73 Å². The highest BCUT2D eigenvalue weighted by Crippen LogP contribution is 2.25. The van der Waals surface area contributed by atoms with Crippen LogP contribution in [0.15, 0.2) is 48.9 Å². The van der Waals surface area contributed by atoms with E-state index in [9.17, 15) is 13.6 Å². The predicted octanol–water partition coefficient (Wildman–Crippen LogP) is 2.97. The summed E-state index contributed by atoms with van der Waals surface area (Å²) in [5.74, 6) is -1.19. The molecule has 0 spiro atoms. The van der Waals surface area contributed by atoms with Crippen molar-refractivity contribution < 1.29 is 13.6 Å². The van der Waals surface area contributed by atoms with Crippen LogP contribution in [-0.2, 0) is 6.54 Å². The fourth-order valence-electron chi connectivity index (χ4n) is 3.03. The molecule has 0 atom stereocenters. The van der Waals surface area contributed by atoms with Crippen molar-refractivity contribution in [1.82, 2.24) is 30.0 Å². The van der Waals surface area contributed by atoms with Gasteiger partial charge in [0.05, 0.1) is 11.7 Å². The molecule has 0 aliphatic rings. The molecule has 4 rings (SSSR count). The van der Waals surface area contributed by atoms with Crippen LogP contribution >= 0.6 is 0 Å². The molecule has 0 radical (unpaired) electrons. The Bertz CT molecular complexity index is 1230. The molecule has 0 saturated heterocycles. The second-order valence-electron chi connectivity index (χ2n) is 6.60. The number of nitrogen functional groups attached to an aromatic ring is 1.